The molecular formula is C21H26ClN3O5S2. The second-order valence-corrected chi connectivity index (χ2v) is 11.7. The highest BCUT2D eigenvalue weighted by atomic mass is 35.5. The van der Waals surface area contributed by atoms with Crippen molar-refractivity contribution in [1.29, 1.82) is 0 Å². The van der Waals surface area contributed by atoms with Crippen LogP contribution in [-0.4, -0.2) is 46.2 Å². The van der Waals surface area contributed by atoms with Crippen molar-refractivity contribution >= 4 is 37.6 Å². The van der Waals surface area contributed by atoms with Crippen LogP contribution in [0.15, 0.2) is 58.3 Å². The largest absolute Gasteiger partial charge is 0.351 e. The lowest BCUT2D eigenvalue weighted by molar-refractivity contribution is -0.122. The van der Waals surface area contributed by atoms with Crippen LogP contribution in [0.25, 0.3) is 0 Å². The van der Waals surface area contributed by atoms with Gasteiger partial charge in [0.2, 0.25) is 26.0 Å². The SMILES string of the molecule is CC(NS(=O)(=O)c1ccc(Cl)cc1)C(=O)NCc1ccc(S(=O)(=O)N2CCCCC2)cc1. The fourth-order valence-corrected chi connectivity index (χ4v) is 6.19. The quantitative estimate of drug-likeness (QED) is 0.579. The van der Waals surface area contributed by atoms with E-state index in [0.29, 0.717) is 23.7 Å². The normalized spacial score (nSPS) is 16.4. The Morgan fingerprint density at radius 2 is 1.50 bits per heavy atom. The van der Waals surface area contributed by atoms with Crippen LogP contribution in [0, 0.1) is 0 Å². The number of nitrogens with zero attached hydrogens (tertiary/aromatic N) is 1. The number of carbonyl (C=O) groups excluding carboxylic acids is 1. The van der Waals surface area contributed by atoms with Gasteiger partial charge < -0.3 is 5.32 Å². The molecule has 1 unspecified atom stereocenters. The first kappa shape index (κ1) is 24.7. The Morgan fingerprint density at radius 1 is 0.938 bits per heavy atom. The minimum absolute atomic E-state index is 0.00653. The van der Waals surface area contributed by atoms with Crippen LogP contribution < -0.4 is 10.0 Å². The zero-order valence-corrected chi connectivity index (χ0v) is 20.0. The minimum Gasteiger partial charge on any atom is -0.351 e. The smallest absolute Gasteiger partial charge is 0.243 e. The van der Waals surface area contributed by atoms with E-state index in [-0.39, 0.29) is 16.3 Å². The summed E-state index contributed by atoms with van der Waals surface area (Å²) in [5, 5.41) is 3.06. The van der Waals surface area contributed by atoms with Crippen LogP contribution in [0.5, 0.6) is 0 Å². The summed E-state index contributed by atoms with van der Waals surface area (Å²) in [5.41, 5.74) is 0.698. The molecule has 3 rings (SSSR count). The summed E-state index contributed by atoms with van der Waals surface area (Å²) >= 11 is 5.78. The lowest BCUT2D eigenvalue weighted by Gasteiger charge is -2.25. The van der Waals surface area contributed by atoms with Gasteiger partial charge in [0.25, 0.3) is 0 Å². The first-order chi connectivity index (χ1) is 15.1. The van der Waals surface area contributed by atoms with Crippen molar-refractivity contribution in [3.05, 3.63) is 59.1 Å². The number of rotatable bonds is 8. The third-order valence-corrected chi connectivity index (χ3v) is 8.91. The number of sulfonamides is 2. The molecule has 0 bridgehead atoms. The average molecular weight is 500 g/mol. The number of carbonyl (C=O) groups is 1. The predicted molar refractivity (Wildman–Crippen MR) is 122 cm³/mol. The number of amides is 1. The third kappa shape index (κ3) is 6.08. The first-order valence-corrected chi connectivity index (χ1v) is 13.5. The molecule has 1 aliphatic heterocycles. The molecule has 8 nitrogen and oxygen atoms in total. The Kier molecular flexibility index (Phi) is 7.94. The molecule has 0 spiro atoms. The minimum atomic E-state index is -3.88. The summed E-state index contributed by atoms with van der Waals surface area (Å²) in [5.74, 6) is -0.507. The molecule has 1 heterocycles. The van der Waals surface area contributed by atoms with E-state index < -0.39 is 32.0 Å². The molecule has 2 aromatic rings. The van der Waals surface area contributed by atoms with Crippen molar-refractivity contribution in [2.45, 2.75) is 48.6 Å². The molecule has 0 saturated carbocycles. The summed E-state index contributed by atoms with van der Waals surface area (Å²) < 4.78 is 54.0. The monoisotopic (exact) mass is 499 g/mol. The summed E-state index contributed by atoms with van der Waals surface area (Å²) in [6.07, 6.45) is 2.77. The molecule has 1 amide bonds. The molecule has 174 valence electrons. The maximum absolute atomic E-state index is 12.7. The summed E-state index contributed by atoms with van der Waals surface area (Å²) in [6, 6.07) is 10.9. The lowest BCUT2D eigenvalue weighted by atomic mass is 10.2. The van der Waals surface area contributed by atoms with Gasteiger partial charge in [-0.15, -0.1) is 0 Å². The van der Waals surface area contributed by atoms with Crippen LogP contribution in [0.4, 0.5) is 0 Å². The fourth-order valence-electron chi connectivity index (χ4n) is 3.34. The molecule has 2 aromatic carbocycles. The second kappa shape index (κ2) is 10.3. The summed E-state index contributed by atoms with van der Waals surface area (Å²) in [4.78, 5) is 12.6. The van der Waals surface area contributed by atoms with E-state index in [1.165, 1.54) is 47.6 Å². The highest BCUT2D eigenvalue weighted by Crippen LogP contribution is 2.21. The molecule has 2 N–H and O–H groups in total. The Hall–Kier alpha value is -1.98. The molecular weight excluding hydrogens is 474 g/mol. The summed E-state index contributed by atoms with van der Waals surface area (Å²) in [7, 11) is -7.39. The molecule has 1 atom stereocenters. The van der Waals surface area contributed by atoms with Crippen molar-refractivity contribution in [2.75, 3.05) is 13.1 Å². The Morgan fingerprint density at radius 3 is 2.09 bits per heavy atom. The topological polar surface area (TPSA) is 113 Å². The second-order valence-electron chi connectivity index (χ2n) is 7.62. The van der Waals surface area contributed by atoms with Gasteiger partial charge in [-0.25, -0.2) is 16.8 Å². The average Bonchev–Trinajstić information content (AvgIpc) is 2.78. The standard InChI is InChI=1S/C21H26ClN3O5S2/c1-16(24-31(27,28)19-11-7-18(22)8-12-19)21(26)23-15-17-5-9-20(10-6-17)32(29,30)25-13-3-2-4-14-25/h5-12,16,24H,2-4,13-15H2,1H3,(H,23,26). The predicted octanol–water partition coefficient (Wildman–Crippen LogP) is 2.50. The Bertz CT molecular complexity index is 1140. The molecule has 0 radical (unpaired) electrons. The first-order valence-electron chi connectivity index (χ1n) is 10.2. The Balaban J connectivity index is 1.56. The fraction of sp³-hybridized carbons (Fsp3) is 0.381. The van der Waals surface area contributed by atoms with Crippen LogP contribution in [0.2, 0.25) is 5.02 Å². The van der Waals surface area contributed by atoms with Gasteiger partial charge in [0.05, 0.1) is 15.8 Å². The van der Waals surface area contributed by atoms with E-state index in [9.17, 15) is 21.6 Å². The van der Waals surface area contributed by atoms with Gasteiger partial charge in [-0.05, 0) is 61.7 Å². The van der Waals surface area contributed by atoms with Crippen molar-refractivity contribution in [2.24, 2.45) is 0 Å². The van der Waals surface area contributed by atoms with Crippen molar-refractivity contribution < 1.29 is 21.6 Å². The summed E-state index contributed by atoms with van der Waals surface area (Å²) in [6.45, 7) is 2.64. The number of benzene rings is 2. The molecule has 1 aliphatic rings. The molecule has 1 saturated heterocycles. The van der Waals surface area contributed by atoms with Gasteiger partial charge in [0, 0.05) is 24.7 Å². The van der Waals surface area contributed by atoms with Crippen molar-refractivity contribution in [3.8, 4) is 0 Å². The van der Waals surface area contributed by atoms with Crippen LogP contribution in [0.1, 0.15) is 31.7 Å². The van der Waals surface area contributed by atoms with Gasteiger partial charge in [0.15, 0.2) is 0 Å². The lowest BCUT2D eigenvalue weighted by Crippen LogP contribution is -2.44. The zero-order chi connectivity index (χ0) is 23.4. The van der Waals surface area contributed by atoms with Gasteiger partial charge >= 0.3 is 0 Å². The number of hydrogen-bond acceptors (Lipinski definition) is 5. The van der Waals surface area contributed by atoms with Crippen LogP contribution in [0.3, 0.4) is 0 Å². The molecule has 0 aliphatic carbocycles. The van der Waals surface area contributed by atoms with Gasteiger partial charge in [0.1, 0.15) is 0 Å². The van der Waals surface area contributed by atoms with E-state index >= 15 is 0 Å². The molecule has 0 aromatic heterocycles. The van der Waals surface area contributed by atoms with Gasteiger partial charge in [-0.1, -0.05) is 30.2 Å². The van der Waals surface area contributed by atoms with E-state index in [4.69, 9.17) is 11.6 Å². The van der Waals surface area contributed by atoms with Gasteiger partial charge in [-0.2, -0.15) is 9.03 Å². The van der Waals surface area contributed by atoms with Crippen molar-refractivity contribution in [1.82, 2.24) is 14.3 Å². The Labute approximate surface area is 194 Å². The number of halogens is 1. The van der Waals surface area contributed by atoms with E-state index in [1.54, 1.807) is 12.1 Å². The van der Waals surface area contributed by atoms with Crippen molar-refractivity contribution in [3.63, 3.8) is 0 Å². The number of nitrogens with one attached hydrogen (secondary N) is 2. The highest BCUT2D eigenvalue weighted by molar-refractivity contribution is 7.89. The molecule has 32 heavy (non-hydrogen) atoms. The maximum Gasteiger partial charge on any atom is 0.243 e. The highest BCUT2D eigenvalue weighted by Gasteiger charge is 2.26. The number of piperidine rings is 1. The maximum atomic E-state index is 12.7. The molecule has 1 fully saturated rings. The van der Waals surface area contributed by atoms with Crippen LogP contribution >= 0.6 is 11.6 Å². The van der Waals surface area contributed by atoms with Gasteiger partial charge in [-0.3, -0.25) is 4.79 Å². The zero-order valence-electron chi connectivity index (χ0n) is 17.6. The molecule has 11 heteroatoms. The van der Waals surface area contributed by atoms with E-state index in [0.717, 1.165) is 19.3 Å². The van der Waals surface area contributed by atoms with E-state index in [1.807, 2.05) is 0 Å². The number of hydrogen-bond donors (Lipinski definition) is 2. The van der Waals surface area contributed by atoms with E-state index in [2.05, 4.69) is 10.0 Å². The third-order valence-electron chi connectivity index (χ3n) is 5.19. The van der Waals surface area contributed by atoms with Crippen LogP contribution in [-0.2, 0) is 31.4 Å².